The maximum Gasteiger partial charge on any atom is 0.321 e. The van der Waals surface area contributed by atoms with Crippen molar-refractivity contribution in [3.8, 4) is 0 Å². The first kappa shape index (κ1) is 14.4. The molecule has 0 aromatic carbocycles. The van der Waals surface area contributed by atoms with Gasteiger partial charge in [-0.25, -0.2) is 0 Å². The van der Waals surface area contributed by atoms with Crippen LogP contribution in [0, 0.1) is 5.41 Å². The summed E-state index contributed by atoms with van der Waals surface area (Å²) < 4.78 is 5.20. The van der Waals surface area contributed by atoms with Crippen LogP contribution in [0.4, 0.5) is 0 Å². The second kappa shape index (κ2) is 6.33. The Morgan fingerprint density at radius 3 is 2.76 bits per heavy atom. The van der Waals surface area contributed by atoms with Crippen LogP contribution in [-0.4, -0.2) is 60.0 Å². The summed E-state index contributed by atoms with van der Waals surface area (Å²) in [6.45, 7) is 6.23. The normalized spacial score (nSPS) is 24.8. The van der Waals surface area contributed by atoms with Crippen LogP contribution in [0.5, 0.6) is 0 Å². The smallest absolute Gasteiger partial charge is 0.321 e. The van der Waals surface area contributed by atoms with Crippen molar-refractivity contribution in [2.45, 2.75) is 32.7 Å². The number of carboxylic acid groups (broad SMARTS) is 1. The Labute approximate surface area is 102 Å². The average Bonchev–Trinajstić information content (AvgIpc) is 2.22. The number of ether oxygens (including phenoxy) is 1. The van der Waals surface area contributed by atoms with Gasteiger partial charge in [0, 0.05) is 6.54 Å². The Balaban J connectivity index is 2.53. The predicted octanol–water partition coefficient (Wildman–Crippen LogP) is 0.570. The summed E-state index contributed by atoms with van der Waals surface area (Å²) in [4.78, 5) is 13.3. The van der Waals surface area contributed by atoms with Gasteiger partial charge in [-0.1, -0.05) is 13.8 Å². The molecule has 0 aromatic rings. The Morgan fingerprint density at radius 1 is 1.47 bits per heavy atom. The van der Waals surface area contributed by atoms with E-state index in [2.05, 4.69) is 0 Å². The molecule has 0 spiro atoms. The molecule has 1 rings (SSSR count). The van der Waals surface area contributed by atoms with Crippen LogP contribution >= 0.6 is 0 Å². The van der Waals surface area contributed by atoms with Crippen LogP contribution in [0.15, 0.2) is 0 Å². The van der Waals surface area contributed by atoms with E-state index in [1.807, 2.05) is 18.7 Å². The lowest BCUT2D eigenvalue weighted by atomic mass is 9.76. The summed E-state index contributed by atoms with van der Waals surface area (Å²) in [6.07, 6.45) is 1.97. The molecule has 1 saturated heterocycles. The van der Waals surface area contributed by atoms with E-state index in [1.165, 1.54) is 0 Å². The fourth-order valence-electron chi connectivity index (χ4n) is 2.58. The quantitative estimate of drug-likeness (QED) is 0.670. The number of aliphatic carboxylic acids is 1. The van der Waals surface area contributed by atoms with Crippen LogP contribution in [0.2, 0.25) is 0 Å². The summed E-state index contributed by atoms with van der Waals surface area (Å²) in [5.41, 5.74) is -0.193. The first-order valence-electron chi connectivity index (χ1n) is 6.14. The van der Waals surface area contributed by atoms with E-state index < -0.39 is 12.0 Å². The number of hydrogen-bond acceptors (Lipinski definition) is 4. The Kier molecular flexibility index (Phi) is 5.36. The van der Waals surface area contributed by atoms with Gasteiger partial charge in [0.1, 0.15) is 6.04 Å². The van der Waals surface area contributed by atoms with Crippen LogP contribution in [0.3, 0.4) is 0 Å². The third kappa shape index (κ3) is 3.94. The van der Waals surface area contributed by atoms with Crippen molar-refractivity contribution in [3.63, 3.8) is 0 Å². The van der Waals surface area contributed by atoms with Crippen molar-refractivity contribution in [2.24, 2.45) is 5.41 Å². The molecule has 1 fully saturated rings. The molecule has 2 N–H and O–H groups in total. The SMILES string of the molecule is CC1(C)CCCN(CCOCCO)C1C(=O)O. The highest BCUT2D eigenvalue weighted by Gasteiger charge is 2.42. The van der Waals surface area contributed by atoms with E-state index in [-0.39, 0.29) is 12.0 Å². The Bertz CT molecular complexity index is 255. The van der Waals surface area contributed by atoms with Gasteiger partial charge in [-0.3, -0.25) is 9.69 Å². The second-order valence-corrected chi connectivity index (χ2v) is 5.20. The van der Waals surface area contributed by atoms with E-state index in [0.717, 1.165) is 19.4 Å². The molecule has 0 bridgehead atoms. The molecule has 1 unspecified atom stereocenters. The first-order chi connectivity index (χ1) is 7.99. The number of piperidine rings is 1. The number of hydrogen-bond donors (Lipinski definition) is 2. The number of carboxylic acids is 1. The maximum atomic E-state index is 11.3. The fraction of sp³-hybridized carbons (Fsp3) is 0.917. The molecule has 0 saturated carbocycles. The standard InChI is InChI=1S/C12H23NO4/c1-12(2)4-3-5-13(10(12)11(15)16)6-8-17-9-7-14/h10,14H,3-9H2,1-2H3,(H,15,16). The van der Waals surface area contributed by atoms with Gasteiger partial charge >= 0.3 is 5.97 Å². The highest BCUT2D eigenvalue weighted by Crippen LogP contribution is 2.34. The lowest BCUT2D eigenvalue weighted by Gasteiger charge is -2.44. The minimum Gasteiger partial charge on any atom is -0.480 e. The zero-order valence-electron chi connectivity index (χ0n) is 10.7. The molecular formula is C12H23NO4. The fourth-order valence-corrected chi connectivity index (χ4v) is 2.58. The van der Waals surface area contributed by atoms with Gasteiger partial charge in [0.05, 0.1) is 19.8 Å². The average molecular weight is 245 g/mol. The van der Waals surface area contributed by atoms with E-state index in [9.17, 15) is 9.90 Å². The number of nitrogens with zero attached hydrogens (tertiary/aromatic N) is 1. The van der Waals surface area contributed by atoms with Crippen molar-refractivity contribution in [1.29, 1.82) is 0 Å². The lowest BCUT2D eigenvalue weighted by molar-refractivity contribution is -0.151. The molecule has 1 heterocycles. The van der Waals surface area contributed by atoms with Gasteiger partial charge in [0.2, 0.25) is 0 Å². The Morgan fingerprint density at radius 2 is 2.18 bits per heavy atom. The van der Waals surface area contributed by atoms with Gasteiger partial charge in [-0.2, -0.15) is 0 Å². The Hall–Kier alpha value is -0.650. The maximum absolute atomic E-state index is 11.3. The molecule has 17 heavy (non-hydrogen) atoms. The molecule has 1 aliphatic heterocycles. The molecule has 0 amide bonds. The summed E-state index contributed by atoms with van der Waals surface area (Å²) in [6, 6.07) is -0.436. The molecular weight excluding hydrogens is 222 g/mol. The van der Waals surface area contributed by atoms with Crippen LogP contribution in [0.25, 0.3) is 0 Å². The molecule has 100 valence electrons. The second-order valence-electron chi connectivity index (χ2n) is 5.20. The van der Waals surface area contributed by atoms with E-state index in [0.29, 0.717) is 19.8 Å². The third-order valence-corrected chi connectivity index (χ3v) is 3.36. The van der Waals surface area contributed by atoms with Crippen molar-refractivity contribution in [2.75, 3.05) is 32.9 Å². The molecule has 0 aromatic heterocycles. The number of aliphatic hydroxyl groups is 1. The highest BCUT2D eigenvalue weighted by molar-refractivity contribution is 5.74. The number of aliphatic hydroxyl groups excluding tert-OH is 1. The van der Waals surface area contributed by atoms with Gasteiger partial charge in [-0.05, 0) is 24.8 Å². The van der Waals surface area contributed by atoms with Crippen LogP contribution in [0.1, 0.15) is 26.7 Å². The zero-order chi connectivity index (χ0) is 12.9. The van der Waals surface area contributed by atoms with Gasteiger partial charge in [-0.15, -0.1) is 0 Å². The summed E-state index contributed by atoms with van der Waals surface area (Å²) in [5, 5.41) is 17.9. The molecule has 1 atom stereocenters. The van der Waals surface area contributed by atoms with E-state index >= 15 is 0 Å². The summed E-state index contributed by atoms with van der Waals surface area (Å²) >= 11 is 0. The van der Waals surface area contributed by atoms with Gasteiger partial charge in [0.15, 0.2) is 0 Å². The van der Waals surface area contributed by atoms with E-state index in [1.54, 1.807) is 0 Å². The van der Waals surface area contributed by atoms with Crippen LogP contribution in [-0.2, 0) is 9.53 Å². The van der Waals surface area contributed by atoms with Crippen LogP contribution < -0.4 is 0 Å². The predicted molar refractivity (Wildman–Crippen MR) is 63.9 cm³/mol. The minimum atomic E-state index is -0.753. The number of rotatable bonds is 6. The largest absolute Gasteiger partial charge is 0.480 e. The minimum absolute atomic E-state index is 0.00779. The zero-order valence-corrected chi connectivity index (χ0v) is 10.7. The lowest BCUT2D eigenvalue weighted by Crippen LogP contribution is -2.55. The van der Waals surface area contributed by atoms with Gasteiger partial charge in [0.25, 0.3) is 0 Å². The molecule has 0 radical (unpaired) electrons. The summed E-state index contributed by atoms with van der Waals surface area (Å²) in [5.74, 6) is -0.753. The number of likely N-dealkylation sites (tertiary alicyclic amines) is 1. The summed E-state index contributed by atoms with van der Waals surface area (Å²) in [7, 11) is 0. The van der Waals surface area contributed by atoms with Crippen molar-refractivity contribution in [3.05, 3.63) is 0 Å². The molecule has 5 heteroatoms. The van der Waals surface area contributed by atoms with Crippen molar-refractivity contribution < 1.29 is 19.7 Å². The first-order valence-corrected chi connectivity index (χ1v) is 6.14. The van der Waals surface area contributed by atoms with Crippen molar-refractivity contribution in [1.82, 2.24) is 4.90 Å². The topological polar surface area (TPSA) is 70.0 Å². The molecule has 1 aliphatic rings. The van der Waals surface area contributed by atoms with E-state index in [4.69, 9.17) is 9.84 Å². The monoisotopic (exact) mass is 245 g/mol. The molecule has 5 nitrogen and oxygen atoms in total. The van der Waals surface area contributed by atoms with Gasteiger partial charge < -0.3 is 14.9 Å². The number of carbonyl (C=O) groups is 1. The third-order valence-electron chi connectivity index (χ3n) is 3.36. The van der Waals surface area contributed by atoms with Crippen molar-refractivity contribution >= 4 is 5.97 Å². The highest BCUT2D eigenvalue weighted by atomic mass is 16.5. The molecule has 0 aliphatic carbocycles.